The van der Waals surface area contributed by atoms with E-state index in [1.54, 1.807) is 12.4 Å². The molecule has 2 aromatic carbocycles. The maximum absolute atomic E-state index is 13.1. The molecule has 2 atom stereocenters. The van der Waals surface area contributed by atoms with Gasteiger partial charge in [-0.05, 0) is 56.5 Å². The van der Waals surface area contributed by atoms with Crippen LogP contribution in [0.4, 0.5) is 0 Å². The molecule has 1 aromatic heterocycles. The van der Waals surface area contributed by atoms with E-state index in [0.717, 1.165) is 25.0 Å². The number of hydrogen-bond acceptors (Lipinski definition) is 4. The van der Waals surface area contributed by atoms with Gasteiger partial charge in [-0.25, -0.2) is 0 Å². The summed E-state index contributed by atoms with van der Waals surface area (Å²) in [4.78, 5) is 24.4. The standard InChI is InChI=1S/C24H26N4O/c29-23(19-9-6-10-21-22(19)26-14-13-25-21)27-17-24(28-15-4-5-16-28)12-11-20(24)18-7-2-1-3-8-18/h1-3,6-10,13-14,20H,4-5,11-12,15-17H2,(H,27,29). The molecule has 2 unspecified atom stereocenters. The summed E-state index contributed by atoms with van der Waals surface area (Å²) < 4.78 is 0. The van der Waals surface area contributed by atoms with Crippen LogP contribution in [0.5, 0.6) is 0 Å². The first-order chi connectivity index (χ1) is 14.3. The highest BCUT2D eigenvalue weighted by atomic mass is 16.1. The number of carbonyl (C=O) groups excluding carboxylic acids is 1. The fourth-order valence-corrected chi connectivity index (χ4v) is 5.15. The van der Waals surface area contributed by atoms with Crippen molar-refractivity contribution in [2.24, 2.45) is 0 Å². The third kappa shape index (κ3) is 3.19. The van der Waals surface area contributed by atoms with Gasteiger partial charge in [-0.3, -0.25) is 19.7 Å². The van der Waals surface area contributed by atoms with E-state index in [0.29, 0.717) is 23.5 Å². The van der Waals surface area contributed by atoms with Crippen molar-refractivity contribution in [3.05, 3.63) is 72.1 Å². The fraction of sp³-hybridized carbons (Fsp3) is 0.375. The highest BCUT2D eigenvalue weighted by molar-refractivity contribution is 6.04. The number of likely N-dealkylation sites (tertiary alicyclic amines) is 1. The summed E-state index contributed by atoms with van der Waals surface area (Å²) >= 11 is 0. The van der Waals surface area contributed by atoms with E-state index in [2.05, 4.69) is 50.5 Å². The number of para-hydroxylation sites is 1. The third-order valence-electron chi connectivity index (χ3n) is 6.75. The van der Waals surface area contributed by atoms with E-state index >= 15 is 0 Å². The number of amides is 1. The largest absolute Gasteiger partial charge is 0.350 e. The van der Waals surface area contributed by atoms with Crippen molar-refractivity contribution in [1.82, 2.24) is 20.2 Å². The first-order valence-electron chi connectivity index (χ1n) is 10.6. The topological polar surface area (TPSA) is 58.1 Å². The second-order valence-corrected chi connectivity index (χ2v) is 8.21. The van der Waals surface area contributed by atoms with Crippen LogP contribution in [0.1, 0.15) is 47.5 Å². The minimum atomic E-state index is -0.0617. The van der Waals surface area contributed by atoms with Gasteiger partial charge in [0.15, 0.2) is 0 Å². The molecule has 0 bridgehead atoms. The first kappa shape index (κ1) is 18.3. The smallest absolute Gasteiger partial charge is 0.253 e. The number of benzene rings is 2. The number of carbonyl (C=O) groups is 1. The second-order valence-electron chi connectivity index (χ2n) is 8.21. The lowest BCUT2D eigenvalue weighted by atomic mass is 9.62. The van der Waals surface area contributed by atoms with Crippen LogP contribution in [0.25, 0.3) is 11.0 Å². The average Bonchev–Trinajstić information content (AvgIpc) is 3.28. The lowest BCUT2D eigenvalue weighted by molar-refractivity contribution is 0.00947. The molecule has 2 heterocycles. The van der Waals surface area contributed by atoms with Gasteiger partial charge >= 0.3 is 0 Å². The zero-order chi connectivity index (χ0) is 19.7. The molecule has 1 saturated heterocycles. The normalized spacial score (nSPS) is 24.3. The third-order valence-corrected chi connectivity index (χ3v) is 6.75. The Labute approximate surface area is 171 Å². The van der Waals surface area contributed by atoms with E-state index in [9.17, 15) is 4.79 Å². The van der Waals surface area contributed by atoms with Gasteiger partial charge in [0, 0.05) is 30.4 Å². The van der Waals surface area contributed by atoms with Gasteiger partial charge in [0.2, 0.25) is 0 Å². The quantitative estimate of drug-likeness (QED) is 0.725. The minimum Gasteiger partial charge on any atom is -0.350 e. The molecule has 1 aliphatic carbocycles. The molecular weight excluding hydrogens is 360 g/mol. The molecule has 2 aliphatic rings. The maximum Gasteiger partial charge on any atom is 0.253 e. The summed E-state index contributed by atoms with van der Waals surface area (Å²) in [5.41, 5.74) is 3.42. The average molecular weight is 386 g/mol. The molecule has 5 heteroatoms. The maximum atomic E-state index is 13.1. The Hall–Kier alpha value is -2.79. The van der Waals surface area contributed by atoms with Crippen LogP contribution in [-0.2, 0) is 0 Å². The highest BCUT2D eigenvalue weighted by Crippen LogP contribution is 2.50. The molecule has 5 nitrogen and oxygen atoms in total. The van der Waals surface area contributed by atoms with Gasteiger partial charge in [0.25, 0.3) is 5.91 Å². The number of rotatable bonds is 5. The molecule has 0 spiro atoms. The molecule has 29 heavy (non-hydrogen) atoms. The molecule has 2 fully saturated rings. The summed E-state index contributed by atoms with van der Waals surface area (Å²) in [6.07, 6.45) is 8.10. The van der Waals surface area contributed by atoms with Crippen LogP contribution >= 0.6 is 0 Å². The molecule has 1 aliphatic heterocycles. The van der Waals surface area contributed by atoms with Gasteiger partial charge in [0.05, 0.1) is 11.1 Å². The molecule has 3 aromatic rings. The molecular formula is C24H26N4O. The van der Waals surface area contributed by atoms with Crippen LogP contribution in [-0.4, -0.2) is 45.9 Å². The van der Waals surface area contributed by atoms with Gasteiger partial charge in [-0.2, -0.15) is 0 Å². The molecule has 1 amide bonds. The van der Waals surface area contributed by atoms with Crippen LogP contribution in [0.2, 0.25) is 0 Å². The first-order valence-corrected chi connectivity index (χ1v) is 10.6. The number of nitrogens with one attached hydrogen (secondary N) is 1. The van der Waals surface area contributed by atoms with Crippen molar-refractivity contribution >= 4 is 16.9 Å². The van der Waals surface area contributed by atoms with Gasteiger partial charge in [-0.15, -0.1) is 0 Å². The SMILES string of the molecule is O=C(NCC1(N2CCCC2)CCC1c1ccccc1)c1cccc2nccnc12. The van der Waals surface area contributed by atoms with Crippen LogP contribution in [0, 0.1) is 0 Å². The molecule has 1 saturated carbocycles. The predicted molar refractivity (Wildman–Crippen MR) is 114 cm³/mol. The fourth-order valence-electron chi connectivity index (χ4n) is 5.15. The van der Waals surface area contributed by atoms with Crippen molar-refractivity contribution in [3.8, 4) is 0 Å². The molecule has 1 N–H and O–H groups in total. The summed E-state index contributed by atoms with van der Waals surface area (Å²) in [6.45, 7) is 2.92. The van der Waals surface area contributed by atoms with Crippen molar-refractivity contribution in [3.63, 3.8) is 0 Å². The van der Waals surface area contributed by atoms with E-state index in [1.807, 2.05) is 18.2 Å². The van der Waals surface area contributed by atoms with E-state index in [-0.39, 0.29) is 11.4 Å². The van der Waals surface area contributed by atoms with Gasteiger partial charge in [-0.1, -0.05) is 36.4 Å². The van der Waals surface area contributed by atoms with Crippen LogP contribution in [0.15, 0.2) is 60.9 Å². The zero-order valence-electron chi connectivity index (χ0n) is 16.6. The number of fused-ring (bicyclic) bond motifs is 1. The van der Waals surface area contributed by atoms with E-state index in [1.165, 1.54) is 24.8 Å². The van der Waals surface area contributed by atoms with E-state index < -0.39 is 0 Å². The number of aromatic nitrogens is 2. The molecule has 0 radical (unpaired) electrons. The Morgan fingerprint density at radius 2 is 1.83 bits per heavy atom. The Balaban J connectivity index is 1.41. The minimum absolute atomic E-state index is 0.0176. The number of hydrogen-bond donors (Lipinski definition) is 1. The lowest BCUT2D eigenvalue weighted by Crippen LogP contribution is -2.63. The lowest BCUT2D eigenvalue weighted by Gasteiger charge is -2.55. The summed E-state index contributed by atoms with van der Waals surface area (Å²) in [6, 6.07) is 16.4. The van der Waals surface area contributed by atoms with E-state index in [4.69, 9.17) is 0 Å². The van der Waals surface area contributed by atoms with Crippen molar-refractivity contribution in [1.29, 1.82) is 0 Å². The summed E-state index contributed by atoms with van der Waals surface area (Å²) in [5, 5.41) is 3.26. The molecule has 148 valence electrons. The summed E-state index contributed by atoms with van der Waals surface area (Å²) in [5.74, 6) is 0.405. The zero-order valence-corrected chi connectivity index (χ0v) is 16.6. The summed E-state index contributed by atoms with van der Waals surface area (Å²) in [7, 11) is 0. The predicted octanol–water partition coefficient (Wildman–Crippen LogP) is 3.77. The number of nitrogens with zero attached hydrogens (tertiary/aromatic N) is 3. The Morgan fingerprint density at radius 1 is 1.03 bits per heavy atom. The van der Waals surface area contributed by atoms with Crippen molar-refractivity contribution < 1.29 is 4.79 Å². The van der Waals surface area contributed by atoms with Gasteiger partial charge in [0.1, 0.15) is 5.52 Å². The Kier molecular flexibility index (Phi) is 4.76. The van der Waals surface area contributed by atoms with Crippen molar-refractivity contribution in [2.75, 3.05) is 19.6 Å². The van der Waals surface area contributed by atoms with Crippen LogP contribution < -0.4 is 5.32 Å². The monoisotopic (exact) mass is 386 g/mol. The Morgan fingerprint density at radius 3 is 2.59 bits per heavy atom. The van der Waals surface area contributed by atoms with Crippen LogP contribution in [0.3, 0.4) is 0 Å². The second kappa shape index (κ2) is 7.56. The van der Waals surface area contributed by atoms with Gasteiger partial charge < -0.3 is 5.32 Å². The Bertz CT molecular complexity index is 1010. The molecule has 5 rings (SSSR count). The van der Waals surface area contributed by atoms with Crippen molar-refractivity contribution in [2.45, 2.75) is 37.1 Å². The highest BCUT2D eigenvalue weighted by Gasteiger charge is 2.51.